The number of nitrogens with two attached hydrogens (primary N) is 1. The molecule has 96 valence electrons. The molecule has 2 aromatic rings. The number of hydrogen-bond donors (Lipinski definition) is 1. The Bertz CT molecular complexity index is 622. The van der Waals surface area contributed by atoms with E-state index in [1.54, 1.807) is 12.1 Å². The zero-order valence-electron chi connectivity index (χ0n) is 10.7. The van der Waals surface area contributed by atoms with Crippen molar-refractivity contribution < 1.29 is 4.79 Å². The van der Waals surface area contributed by atoms with Crippen LogP contribution in [0, 0.1) is 0 Å². The molecule has 0 aromatic heterocycles. The van der Waals surface area contributed by atoms with Crippen molar-refractivity contribution >= 4 is 11.6 Å². The number of anilines is 1. The number of benzene rings is 2. The summed E-state index contributed by atoms with van der Waals surface area (Å²) in [4.78, 5) is 14.3. The van der Waals surface area contributed by atoms with Crippen LogP contribution >= 0.6 is 0 Å². The van der Waals surface area contributed by atoms with Crippen molar-refractivity contribution in [1.29, 1.82) is 0 Å². The summed E-state index contributed by atoms with van der Waals surface area (Å²) in [7, 11) is 0. The van der Waals surface area contributed by atoms with Gasteiger partial charge in [0.1, 0.15) is 0 Å². The third-order valence-corrected chi connectivity index (χ3v) is 3.55. The van der Waals surface area contributed by atoms with E-state index in [0.29, 0.717) is 17.8 Å². The lowest BCUT2D eigenvalue weighted by Crippen LogP contribution is -2.35. The first-order valence-electron chi connectivity index (χ1n) is 6.45. The van der Waals surface area contributed by atoms with Gasteiger partial charge in [-0.05, 0) is 35.7 Å². The molecule has 2 N–H and O–H groups in total. The fourth-order valence-electron chi connectivity index (χ4n) is 2.52. The lowest BCUT2D eigenvalue weighted by Gasteiger charge is -2.29. The number of amides is 1. The van der Waals surface area contributed by atoms with Gasteiger partial charge in [-0.3, -0.25) is 4.79 Å². The molecule has 0 saturated heterocycles. The highest BCUT2D eigenvalue weighted by Gasteiger charge is 2.21. The average molecular weight is 252 g/mol. The highest BCUT2D eigenvalue weighted by atomic mass is 16.2. The lowest BCUT2D eigenvalue weighted by molar-refractivity contribution is 0.0735. The van der Waals surface area contributed by atoms with E-state index in [9.17, 15) is 4.79 Å². The molecular weight excluding hydrogens is 236 g/mol. The van der Waals surface area contributed by atoms with Crippen LogP contribution in [-0.2, 0) is 13.0 Å². The topological polar surface area (TPSA) is 46.3 Å². The number of carbonyl (C=O) groups excluding carboxylic acids is 1. The smallest absolute Gasteiger partial charge is 0.254 e. The molecule has 0 aliphatic carbocycles. The normalized spacial score (nSPS) is 14.0. The van der Waals surface area contributed by atoms with Gasteiger partial charge in [-0.25, -0.2) is 0 Å². The van der Waals surface area contributed by atoms with E-state index in [1.807, 2.05) is 29.2 Å². The van der Waals surface area contributed by atoms with E-state index in [1.165, 1.54) is 11.1 Å². The summed E-state index contributed by atoms with van der Waals surface area (Å²) in [5, 5.41) is 0. The van der Waals surface area contributed by atoms with Gasteiger partial charge in [0.05, 0.1) is 0 Å². The molecule has 0 radical (unpaired) electrons. The van der Waals surface area contributed by atoms with Crippen molar-refractivity contribution in [1.82, 2.24) is 4.90 Å². The van der Waals surface area contributed by atoms with Crippen LogP contribution in [0.25, 0.3) is 0 Å². The maximum absolute atomic E-state index is 12.4. The number of rotatable bonds is 1. The van der Waals surface area contributed by atoms with Crippen molar-refractivity contribution in [3.63, 3.8) is 0 Å². The summed E-state index contributed by atoms with van der Waals surface area (Å²) >= 11 is 0. The van der Waals surface area contributed by atoms with E-state index in [0.717, 1.165) is 13.0 Å². The molecule has 3 heteroatoms. The first kappa shape index (κ1) is 11.8. The molecule has 0 unspecified atom stereocenters. The van der Waals surface area contributed by atoms with Gasteiger partial charge in [0.2, 0.25) is 0 Å². The Morgan fingerprint density at radius 1 is 1.05 bits per heavy atom. The van der Waals surface area contributed by atoms with Gasteiger partial charge in [0.15, 0.2) is 0 Å². The molecule has 3 rings (SSSR count). The van der Waals surface area contributed by atoms with Gasteiger partial charge in [0.25, 0.3) is 5.91 Å². The molecule has 19 heavy (non-hydrogen) atoms. The minimum Gasteiger partial charge on any atom is -0.399 e. The monoisotopic (exact) mass is 252 g/mol. The first-order chi connectivity index (χ1) is 9.24. The maximum Gasteiger partial charge on any atom is 0.254 e. The molecule has 1 amide bonds. The van der Waals surface area contributed by atoms with E-state index >= 15 is 0 Å². The van der Waals surface area contributed by atoms with Gasteiger partial charge in [-0.15, -0.1) is 0 Å². The summed E-state index contributed by atoms with van der Waals surface area (Å²) < 4.78 is 0. The number of carbonyl (C=O) groups is 1. The zero-order chi connectivity index (χ0) is 13.2. The largest absolute Gasteiger partial charge is 0.399 e. The van der Waals surface area contributed by atoms with Crippen molar-refractivity contribution in [2.45, 2.75) is 13.0 Å². The number of fused-ring (bicyclic) bond motifs is 1. The highest BCUT2D eigenvalue weighted by molar-refractivity contribution is 5.95. The van der Waals surface area contributed by atoms with E-state index < -0.39 is 0 Å². The second-order valence-corrected chi connectivity index (χ2v) is 4.87. The number of hydrogen-bond acceptors (Lipinski definition) is 2. The average Bonchev–Trinajstić information content (AvgIpc) is 2.46. The van der Waals surface area contributed by atoms with Gasteiger partial charge in [-0.2, -0.15) is 0 Å². The minimum absolute atomic E-state index is 0.0572. The molecule has 1 aliphatic rings. The summed E-state index contributed by atoms with van der Waals surface area (Å²) in [5.74, 6) is 0.0572. The lowest BCUT2D eigenvalue weighted by atomic mass is 9.99. The molecular formula is C16H16N2O. The van der Waals surface area contributed by atoms with Crippen LogP contribution in [0.3, 0.4) is 0 Å². The molecule has 0 atom stereocenters. The zero-order valence-corrected chi connectivity index (χ0v) is 10.7. The predicted molar refractivity (Wildman–Crippen MR) is 75.7 cm³/mol. The van der Waals surface area contributed by atoms with Crippen LogP contribution in [0.1, 0.15) is 21.5 Å². The third kappa shape index (κ3) is 2.32. The quantitative estimate of drug-likeness (QED) is 0.792. The Kier molecular flexibility index (Phi) is 2.95. The van der Waals surface area contributed by atoms with Crippen molar-refractivity contribution in [2.24, 2.45) is 0 Å². The highest BCUT2D eigenvalue weighted by Crippen LogP contribution is 2.20. The van der Waals surface area contributed by atoms with Crippen LogP contribution in [0.5, 0.6) is 0 Å². The van der Waals surface area contributed by atoms with Crippen LogP contribution in [0.2, 0.25) is 0 Å². The molecule has 0 fully saturated rings. The van der Waals surface area contributed by atoms with Crippen molar-refractivity contribution in [2.75, 3.05) is 12.3 Å². The molecule has 0 spiro atoms. The Morgan fingerprint density at radius 2 is 1.84 bits per heavy atom. The first-order valence-corrected chi connectivity index (χ1v) is 6.45. The third-order valence-electron chi connectivity index (χ3n) is 3.55. The van der Waals surface area contributed by atoms with Crippen molar-refractivity contribution in [3.8, 4) is 0 Å². The van der Waals surface area contributed by atoms with Crippen molar-refractivity contribution in [3.05, 3.63) is 65.2 Å². The second kappa shape index (κ2) is 4.76. The Hall–Kier alpha value is -2.29. The minimum atomic E-state index is 0.0572. The summed E-state index contributed by atoms with van der Waals surface area (Å²) in [6.07, 6.45) is 0.921. The Balaban J connectivity index is 1.83. The van der Waals surface area contributed by atoms with Crippen LogP contribution in [-0.4, -0.2) is 17.4 Å². The predicted octanol–water partition coefficient (Wildman–Crippen LogP) is 2.47. The molecule has 0 bridgehead atoms. The molecule has 3 nitrogen and oxygen atoms in total. The van der Waals surface area contributed by atoms with Crippen LogP contribution in [0.4, 0.5) is 5.69 Å². The summed E-state index contributed by atoms with van der Waals surface area (Å²) in [6, 6.07) is 15.5. The molecule has 1 heterocycles. The maximum atomic E-state index is 12.4. The Labute approximate surface area is 112 Å². The summed E-state index contributed by atoms with van der Waals surface area (Å²) in [5.41, 5.74) is 9.61. The molecule has 0 saturated carbocycles. The number of nitrogens with zero attached hydrogens (tertiary/aromatic N) is 1. The van der Waals surface area contributed by atoms with E-state index in [4.69, 9.17) is 5.73 Å². The second-order valence-electron chi connectivity index (χ2n) is 4.87. The fraction of sp³-hybridized carbons (Fsp3) is 0.188. The van der Waals surface area contributed by atoms with Gasteiger partial charge in [0, 0.05) is 24.3 Å². The SMILES string of the molecule is Nc1cccc(C(=O)N2CCc3ccccc3C2)c1. The fourth-order valence-corrected chi connectivity index (χ4v) is 2.52. The standard InChI is InChI=1S/C16H16N2O/c17-15-7-3-6-13(10-15)16(19)18-9-8-12-4-1-2-5-14(12)11-18/h1-7,10H,8-9,11,17H2. The van der Waals surface area contributed by atoms with Crippen LogP contribution in [0.15, 0.2) is 48.5 Å². The molecule has 1 aliphatic heterocycles. The number of nitrogen functional groups attached to an aromatic ring is 1. The van der Waals surface area contributed by atoms with Gasteiger partial charge < -0.3 is 10.6 Å². The van der Waals surface area contributed by atoms with E-state index in [2.05, 4.69) is 12.1 Å². The van der Waals surface area contributed by atoms with E-state index in [-0.39, 0.29) is 5.91 Å². The summed E-state index contributed by atoms with van der Waals surface area (Å²) in [6.45, 7) is 1.45. The van der Waals surface area contributed by atoms with Gasteiger partial charge in [-0.1, -0.05) is 30.3 Å². The van der Waals surface area contributed by atoms with Crippen LogP contribution < -0.4 is 5.73 Å². The van der Waals surface area contributed by atoms with Gasteiger partial charge >= 0.3 is 0 Å². The Morgan fingerprint density at radius 3 is 2.63 bits per heavy atom. The molecule has 2 aromatic carbocycles.